The standard InChI is InChI=1S/C25H35N7O4/c1-25(21(33)34,31(2)24(35)36-17-19-11-7-4-8-12-19)14-13-20(15-18-9-5-3-6-10-18)16-32(23(28)29)30-22(26)27/h3-12,20H,13-17H2,1-2H3,(H3,28,29)(H,33,34)(H4,26,27,30)/t20?,25-/m1/s1. The van der Waals surface area contributed by atoms with Crippen LogP contribution in [0, 0.1) is 11.3 Å². The van der Waals surface area contributed by atoms with Crippen molar-refractivity contribution < 1.29 is 19.4 Å². The van der Waals surface area contributed by atoms with Gasteiger partial charge in [0, 0.05) is 13.6 Å². The van der Waals surface area contributed by atoms with E-state index in [-0.39, 0.29) is 37.4 Å². The molecule has 0 aromatic heterocycles. The summed E-state index contributed by atoms with van der Waals surface area (Å²) < 4.78 is 5.35. The third-order valence-electron chi connectivity index (χ3n) is 6.03. The number of carbonyl (C=O) groups excluding carboxylic acids is 1. The predicted octanol–water partition coefficient (Wildman–Crippen LogP) is 2.12. The van der Waals surface area contributed by atoms with Crippen molar-refractivity contribution in [3.63, 3.8) is 0 Å². The van der Waals surface area contributed by atoms with Crippen molar-refractivity contribution >= 4 is 24.0 Å². The third-order valence-corrected chi connectivity index (χ3v) is 6.03. The van der Waals surface area contributed by atoms with Crippen molar-refractivity contribution in [1.29, 1.82) is 5.41 Å². The van der Waals surface area contributed by atoms with E-state index in [4.69, 9.17) is 27.3 Å². The largest absolute Gasteiger partial charge is 0.480 e. The SMILES string of the molecule is CN(C(=O)OCc1ccccc1)[C@](C)(CCC(Cc1ccccc1)CN(N=C(N)N)C(=N)N)C(=O)O. The Morgan fingerprint density at radius 3 is 2.11 bits per heavy atom. The highest BCUT2D eigenvalue weighted by Gasteiger charge is 2.41. The van der Waals surface area contributed by atoms with E-state index in [0.29, 0.717) is 12.8 Å². The van der Waals surface area contributed by atoms with Crippen molar-refractivity contribution in [3.8, 4) is 0 Å². The molecule has 1 unspecified atom stereocenters. The molecule has 2 aromatic rings. The maximum atomic E-state index is 12.7. The number of nitrogens with one attached hydrogen (secondary N) is 1. The highest BCUT2D eigenvalue weighted by molar-refractivity contribution is 5.84. The van der Waals surface area contributed by atoms with Gasteiger partial charge in [0.2, 0.25) is 11.9 Å². The second-order valence-electron chi connectivity index (χ2n) is 8.76. The Labute approximate surface area is 211 Å². The number of likely N-dealkylation sites (N-methyl/N-ethyl adjacent to an activating group) is 1. The molecule has 11 nitrogen and oxygen atoms in total. The smallest absolute Gasteiger partial charge is 0.410 e. The molecule has 0 aliphatic rings. The molecule has 8 N–H and O–H groups in total. The fraction of sp³-hybridized carbons (Fsp3) is 0.360. The summed E-state index contributed by atoms with van der Waals surface area (Å²) in [7, 11) is 1.41. The molecule has 0 aliphatic carbocycles. The van der Waals surface area contributed by atoms with Gasteiger partial charge in [-0.2, -0.15) is 0 Å². The molecule has 2 aromatic carbocycles. The second-order valence-corrected chi connectivity index (χ2v) is 8.76. The van der Waals surface area contributed by atoms with Crippen LogP contribution in [0.4, 0.5) is 4.79 Å². The molecular formula is C25H35N7O4. The van der Waals surface area contributed by atoms with Crippen molar-refractivity contribution in [2.24, 2.45) is 28.2 Å². The maximum absolute atomic E-state index is 12.7. The van der Waals surface area contributed by atoms with E-state index in [2.05, 4.69) is 5.10 Å². The minimum atomic E-state index is -1.54. The van der Waals surface area contributed by atoms with Gasteiger partial charge in [0.15, 0.2) is 0 Å². The first-order valence-corrected chi connectivity index (χ1v) is 11.5. The minimum Gasteiger partial charge on any atom is -0.480 e. The Morgan fingerprint density at radius 2 is 1.61 bits per heavy atom. The van der Waals surface area contributed by atoms with Gasteiger partial charge in [-0.1, -0.05) is 60.7 Å². The zero-order valence-corrected chi connectivity index (χ0v) is 20.6. The van der Waals surface area contributed by atoms with Gasteiger partial charge in [0.05, 0.1) is 0 Å². The van der Waals surface area contributed by atoms with E-state index in [9.17, 15) is 14.7 Å². The lowest BCUT2D eigenvalue weighted by Gasteiger charge is -2.35. The van der Waals surface area contributed by atoms with E-state index in [1.807, 2.05) is 60.7 Å². The fourth-order valence-corrected chi connectivity index (χ4v) is 3.70. The average molecular weight is 498 g/mol. The monoisotopic (exact) mass is 497 g/mol. The number of nitrogens with zero attached hydrogens (tertiary/aromatic N) is 3. The van der Waals surface area contributed by atoms with Crippen LogP contribution in [0.3, 0.4) is 0 Å². The normalized spacial score (nSPS) is 13.1. The number of amides is 1. The zero-order chi connectivity index (χ0) is 26.7. The van der Waals surface area contributed by atoms with Crippen LogP contribution in [-0.4, -0.2) is 58.1 Å². The number of ether oxygens (including phenoxy) is 1. The van der Waals surface area contributed by atoms with E-state index in [0.717, 1.165) is 16.0 Å². The van der Waals surface area contributed by atoms with Crippen LogP contribution in [0.15, 0.2) is 65.8 Å². The van der Waals surface area contributed by atoms with Crippen molar-refractivity contribution in [2.45, 2.75) is 38.3 Å². The van der Waals surface area contributed by atoms with Crippen LogP contribution in [0.5, 0.6) is 0 Å². The van der Waals surface area contributed by atoms with E-state index in [1.54, 1.807) is 0 Å². The summed E-state index contributed by atoms with van der Waals surface area (Å²) in [5.41, 5.74) is 16.9. The first-order chi connectivity index (χ1) is 17.0. The van der Waals surface area contributed by atoms with Gasteiger partial charge in [0.1, 0.15) is 12.1 Å². The summed E-state index contributed by atoms with van der Waals surface area (Å²) in [5.74, 6) is -1.94. The van der Waals surface area contributed by atoms with Gasteiger partial charge in [-0.25, -0.2) is 14.6 Å². The lowest BCUT2D eigenvalue weighted by Crippen LogP contribution is -2.53. The van der Waals surface area contributed by atoms with Crippen LogP contribution in [0.1, 0.15) is 30.9 Å². The molecule has 2 atom stereocenters. The Hall–Kier alpha value is -4.28. The number of benzene rings is 2. The molecule has 0 bridgehead atoms. The maximum Gasteiger partial charge on any atom is 0.410 e. The number of hydrazone groups is 1. The molecule has 0 aliphatic heterocycles. The molecule has 0 saturated heterocycles. The lowest BCUT2D eigenvalue weighted by molar-refractivity contribution is -0.149. The molecule has 0 fully saturated rings. The number of carbonyl (C=O) groups is 2. The summed E-state index contributed by atoms with van der Waals surface area (Å²) in [4.78, 5) is 26.2. The summed E-state index contributed by atoms with van der Waals surface area (Å²) in [6.07, 6.45) is 0.305. The molecule has 36 heavy (non-hydrogen) atoms. The molecule has 0 saturated carbocycles. The Morgan fingerprint density at radius 1 is 1.06 bits per heavy atom. The molecule has 2 rings (SSSR count). The first kappa shape index (κ1) is 28.0. The van der Waals surface area contributed by atoms with Crippen LogP contribution in [-0.2, 0) is 22.6 Å². The molecule has 1 amide bonds. The fourth-order valence-electron chi connectivity index (χ4n) is 3.70. The van der Waals surface area contributed by atoms with E-state index >= 15 is 0 Å². The highest BCUT2D eigenvalue weighted by atomic mass is 16.6. The number of carboxylic acids is 1. The zero-order valence-electron chi connectivity index (χ0n) is 20.6. The van der Waals surface area contributed by atoms with Gasteiger partial charge in [-0.15, -0.1) is 5.10 Å². The topological polar surface area (TPSA) is 184 Å². The molecule has 0 heterocycles. The Bertz CT molecular complexity index is 1040. The summed E-state index contributed by atoms with van der Waals surface area (Å²) in [6, 6.07) is 18.8. The Balaban J connectivity index is 2.18. The summed E-state index contributed by atoms with van der Waals surface area (Å²) in [6.45, 7) is 1.69. The summed E-state index contributed by atoms with van der Waals surface area (Å²) in [5, 5.41) is 23.0. The van der Waals surface area contributed by atoms with Gasteiger partial charge in [-0.05, 0) is 43.2 Å². The van der Waals surface area contributed by atoms with Crippen molar-refractivity contribution in [1.82, 2.24) is 9.91 Å². The van der Waals surface area contributed by atoms with Crippen molar-refractivity contribution in [2.75, 3.05) is 13.6 Å². The molecule has 194 valence electrons. The molecule has 11 heteroatoms. The Kier molecular flexibility index (Phi) is 10.1. The molecular weight excluding hydrogens is 462 g/mol. The first-order valence-electron chi connectivity index (χ1n) is 11.5. The van der Waals surface area contributed by atoms with E-state index in [1.165, 1.54) is 19.0 Å². The van der Waals surface area contributed by atoms with Crippen LogP contribution < -0.4 is 17.2 Å². The van der Waals surface area contributed by atoms with Gasteiger partial charge in [-0.3, -0.25) is 10.3 Å². The molecule has 0 spiro atoms. The third kappa shape index (κ3) is 8.19. The van der Waals surface area contributed by atoms with Crippen LogP contribution >= 0.6 is 0 Å². The minimum absolute atomic E-state index is 0.0302. The van der Waals surface area contributed by atoms with Gasteiger partial charge < -0.3 is 27.0 Å². The van der Waals surface area contributed by atoms with Gasteiger partial charge in [0.25, 0.3) is 0 Å². The number of guanidine groups is 2. The predicted molar refractivity (Wildman–Crippen MR) is 138 cm³/mol. The van der Waals surface area contributed by atoms with Crippen molar-refractivity contribution in [3.05, 3.63) is 71.8 Å². The van der Waals surface area contributed by atoms with E-state index < -0.39 is 17.6 Å². The molecule has 0 radical (unpaired) electrons. The number of nitrogens with two attached hydrogens (primary N) is 3. The number of rotatable bonds is 12. The number of aliphatic carboxylic acids is 1. The number of carboxylic acid groups (broad SMARTS) is 1. The van der Waals surface area contributed by atoms with Crippen LogP contribution in [0.25, 0.3) is 0 Å². The highest BCUT2D eigenvalue weighted by Crippen LogP contribution is 2.26. The average Bonchev–Trinajstić information content (AvgIpc) is 2.85. The summed E-state index contributed by atoms with van der Waals surface area (Å²) >= 11 is 0. The lowest BCUT2D eigenvalue weighted by atomic mass is 9.86. The van der Waals surface area contributed by atoms with Gasteiger partial charge >= 0.3 is 12.1 Å². The quantitative estimate of drug-likeness (QED) is 0.168. The van der Waals surface area contributed by atoms with Crippen LogP contribution in [0.2, 0.25) is 0 Å². The number of hydrogen-bond donors (Lipinski definition) is 5. The second kappa shape index (κ2) is 13.0. The number of hydrogen-bond acceptors (Lipinski definition) is 5.